The molecule has 0 aliphatic carbocycles. The van der Waals surface area contributed by atoms with E-state index in [9.17, 15) is 4.79 Å². The van der Waals surface area contributed by atoms with Crippen LogP contribution in [0.2, 0.25) is 0 Å². The number of hydrogen-bond acceptors (Lipinski definition) is 4. The minimum Gasteiger partial charge on any atom is -0.466 e. The maximum absolute atomic E-state index is 12.1. The maximum Gasteiger partial charge on any atom is 0.255 e. The minimum atomic E-state index is -0.239. The van der Waals surface area contributed by atoms with Crippen molar-refractivity contribution >= 4 is 11.6 Å². The lowest BCUT2D eigenvalue weighted by Gasteiger charge is -2.13. The zero-order valence-electron chi connectivity index (χ0n) is 11.2. The lowest BCUT2D eigenvalue weighted by molar-refractivity contribution is 0.0940. The van der Waals surface area contributed by atoms with Crippen LogP contribution in [0.3, 0.4) is 0 Å². The summed E-state index contributed by atoms with van der Waals surface area (Å²) in [5.41, 5.74) is 7.51. The molecule has 2 aromatic rings. The maximum atomic E-state index is 12.1. The van der Waals surface area contributed by atoms with Crippen LogP contribution < -0.4 is 11.1 Å². The van der Waals surface area contributed by atoms with E-state index in [2.05, 4.69) is 10.3 Å². The number of nitrogen functional groups attached to an aromatic ring is 1. The average Bonchev–Trinajstić information content (AvgIpc) is 2.69. The number of carbonyl (C=O) groups is 1. The zero-order chi connectivity index (χ0) is 14.0. The highest BCUT2D eigenvalue weighted by atomic mass is 16.3. The first kappa shape index (κ1) is 13.1. The molecule has 19 heavy (non-hydrogen) atoms. The Bertz CT molecular complexity index is 604. The van der Waals surface area contributed by atoms with Crippen molar-refractivity contribution in [3.8, 4) is 0 Å². The van der Waals surface area contributed by atoms with Gasteiger partial charge in [-0.3, -0.25) is 9.78 Å². The number of nitrogens with zero attached hydrogens (tertiary/aromatic N) is 1. The standard InChI is InChI=1S/C14H17N3O2/c1-8-6-11(10(3)19-8)9(2)17-14(18)12-7-16-5-4-13(12)15/h4-7,9H,1-3H3,(H2,15,16)(H,17,18). The number of nitrogens with two attached hydrogens (primary N) is 1. The molecule has 0 saturated carbocycles. The number of aryl methyl sites for hydroxylation is 2. The van der Waals surface area contributed by atoms with E-state index in [0.29, 0.717) is 11.3 Å². The molecule has 5 nitrogen and oxygen atoms in total. The summed E-state index contributed by atoms with van der Waals surface area (Å²) < 4.78 is 5.46. The fraction of sp³-hybridized carbons (Fsp3) is 0.286. The van der Waals surface area contributed by atoms with E-state index in [1.807, 2.05) is 26.8 Å². The lowest BCUT2D eigenvalue weighted by atomic mass is 10.1. The molecule has 0 fully saturated rings. The summed E-state index contributed by atoms with van der Waals surface area (Å²) >= 11 is 0. The Balaban J connectivity index is 2.15. The van der Waals surface area contributed by atoms with Gasteiger partial charge in [-0.2, -0.15) is 0 Å². The van der Waals surface area contributed by atoms with Crippen LogP contribution in [0.4, 0.5) is 5.69 Å². The predicted octanol–water partition coefficient (Wildman–Crippen LogP) is 2.36. The van der Waals surface area contributed by atoms with E-state index >= 15 is 0 Å². The lowest BCUT2D eigenvalue weighted by Crippen LogP contribution is -2.27. The number of aromatic nitrogens is 1. The van der Waals surface area contributed by atoms with Crippen molar-refractivity contribution in [1.82, 2.24) is 10.3 Å². The second kappa shape index (κ2) is 5.14. The minimum absolute atomic E-state index is 0.149. The molecule has 5 heteroatoms. The molecule has 1 amide bonds. The monoisotopic (exact) mass is 259 g/mol. The summed E-state index contributed by atoms with van der Waals surface area (Å²) in [5, 5.41) is 2.89. The van der Waals surface area contributed by atoms with E-state index in [0.717, 1.165) is 17.1 Å². The van der Waals surface area contributed by atoms with E-state index in [1.165, 1.54) is 6.20 Å². The first-order valence-electron chi connectivity index (χ1n) is 6.06. The van der Waals surface area contributed by atoms with Gasteiger partial charge in [0.15, 0.2) is 0 Å². The van der Waals surface area contributed by atoms with Gasteiger partial charge in [-0.1, -0.05) is 0 Å². The Kier molecular flexibility index (Phi) is 3.55. The number of carbonyl (C=O) groups excluding carboxylic acids is 1. The summed E-state index contributed by atoms with van der Waals surface area (Å²) in [6.07, 6.45) is 3.02. The molecule has 2 aromatic heterocycles. The number of amides is 1. The van der Waals surface area contributed by atoms with Crippen molar-refractivity contribution in [2.24, 2.45) is 0 Å². The third-order valence-corrected chi connectivity index (χ3v) is 2.99. The van der Waals surface area contributed by atoms with Gasteiger partial charge < -0.3 is 15.5 Å². The van der Waals surface area contributed by atoms with Gasteiger partial charge in [0.25, 0.3) is 5.91 Å². The molecular formula is C14H17N3O2. The van der Waals surface area contributed by atoms with Crippen LogP contribution in [0.25, 0.3) is 0 Å². The van der Waals surface area contributed by atoms with Gasteiger partial charge in [-0.25, -0.2) is 0 Å². The number of nitrogens with one attached hydrogen (secondary N) is 1. The van der Waals surface area contributed by atoms with E-state index < -0.39 is 0 Å². The second-order valence-electron chi connectivity index (χ2n) is 4.53. The molecular weight excluding hydrogens is 242 g/mol. The molecule has 0 spiro atoms. The van der Waals surface area contributed by atoms with Crippen LogP contribution in [0.5, 0.6) is 0 Å². The fourth-order valence-electron chi connectivity index (χ4n) is 2.03. The number of furan rings is 1. The molecule has 0 aliphatic rings. The highest BCUT2D eigenvalue weighted by Gasteiger charge is 2.17. The molecule has 2 rings (SSSR count). The van der Waals surface area contributed by atoms with E-state index in [4.69, 9.17) is 10.2 Å². The number of anilines is 1. The topological polar surface area (TPSA) is 81.2 Å². The van der Waals surface area contributed by atoms with Gasteiger partial charge in [-0.05, 0) is 32.9 Å². The molecule has 0 radical (unpaired) electrons. The van der Waals surface area contributed by atoms with Crippen LogP contribution >= 0.6 is 0 Å². The molecule has 2 heterocycles. The smallest absolute Gasteiger partial charge is 0.255 e. The molecule has 1 unspecified atom stereocenters. The third-order valence-electron chi connectivity index (χ3n) is 2.99. The van der Waals surface area contributed by atoms with E-state index in [-0.39, 0.29) is 11.9 Å². The largest absolute Gasteiger partial charge is 0.466 e. The average molecular weight is 259 g/mol. The molecule has 1 atom stereocenters. The van der Waals surface area contributed by atoms with Crippen LogP contribution in [-0.4, -0.2) is 10.9 Å². The Labute approximate surface area is 111 Å². The molecule has 0 aromatic carbocycles. The first-order chi connectivity index (χ1) is 8.99. The fourth-order valence-corrected chi connectivity index (χ4v) is 2.03. The van der Waals surface area contributed by atoms with Crippen LogP contribution in [0, 0.1) is 13.8 Å². The van der Waals surface area contributed by atoms with Crippen LogP contribution in [0.1, 0.15) is 40.4 Å². The quantitative estimate of drug-likeness (QED) is 0.886. The first-order valence-corrected chi connectivity index (χ1v) is 6.06. The van der Waals surface area contributed by atoms with Crippen molar-refractivity contribution in [3.63, 3.8) is 0 Å². The van der Waals surface area contributed by atoms with Gasteiger partial charge in [0.1, 0.15) is 11.5 Å². The van der Waals surface area contributed by atoms with Crippen molar-refractivity contribution < 1.29 is 9.21 Å². The van der Waals surface area contributed by atoms with Gasteiger partial charge in [0.2, 0.25) is 0 Å². The normalized spacial score (nSPS) is 12.2. The summed E-state index contributed by atoms with van der Waals surface area (Å²) in [7, 11) is 0. The molecule has 0 saturated heterocycles. The summed E-state index contributed by atoms with van der Waals surface area (Å²) in [6, 6.07) is 3.38. The molecule has 100 valence electrons. The Hall–Kier alpha value is -2.30. The van der Waals surface area contributed by atoms with Gasteiger partial charge in [0.05, 0.1) is 11.6 Å². The zero-order valence-corrected chi connectivity index (χ0v) is 11.2. The Morgan fingerprint density at radius 3 is 2.79 bits per heavy atom. The molecule has 0 aliphatic heterocycles. The SMILES string of the molecule is Cc1cc(C(C)NC(=O)c2cnccc2N)c(C)o1. The summed E-state index contributed by atoms with van der Waals surface area (Å²) in [4.78, 5) is 16.0. The van der Waals surface area contributed by atoms with Crippen molar-refractivity contribution in [3.05, 3.63) is 47.2 Å². The predicted molar refractivity (Wildman–Crippen MR) is 72.7 cm³/mol. The van der Waals surface area contributed by atoms with Crippen LogP contribution in [0.15, 0.2) is 28.9 Å². The number of hydrogen-bond donors (Lipinski definition) is 2. The van der Waals surface area contributed by atoms with Gasteiger partial charge in [-0.15, -0.1) is 0 Å². The Morgan fingerprint density at radius 2 is 2.21 bits per heavy atom. The van der Waals surface area contributed by atoms with Crippen molar-refractivity contribution in [2.75, 3.05) is 5.73 Å². The summed E-state index contributed by atoms with van der Waals surface area (Å²) in [5.74, 6) is 1.40. The molecule has 3 N–H and O–H groups in total. The van der Waals surface area contributed by atoms with Crippen LogP contribution in [-0.2, 0) is 0 Å². The van der Waals surface area contributed by atoms with Gasteiger partial charge in [0, 0.05) is 23.6 Å². The molecule has 0 bridgehead atoms. The Morgan fingerprint density at radius 1 is 1.47 bits per heavy atom. The van der Waals surface area contributed by atoms with Crippen molar-refractivity contribution in [1.29, 1.82) is 0 Å². The highest BCUT2D eigenvalue weighted by Crippen LogP contribution is 2.21. The third kappa shape index (κ3) is 2.76. The second-order valence-corrected chi connectivity index (χ2v) is 4.53. The van der Waals surface area contributed by atoms with Crippen molar-refractivity contribution in [2.45, 2.75) is 26.8 Å². The highest BCUT2D eigenvalue weighted by molar-refractivity contribution is 5.98. The summed E-state index contributed by atoms with van der Waals surface area (Å²) in [6.45, 7) is 5.66. The number of rotatable bonds is 3. The van der Waals surface area contributed by atoms with Gasteiger partial charge >= 0.3 is 0 Å². The number of pyridine rings is 1. The van der Waals surface area contributed by atoms with E-state index in [1.54, 1.807) is 12.3 Å².